The van der Waals surface area contributed by atoms with E-state index in [2.05, 4.69) is 60.4 Å². The molecule has 0 fully saturated rings. The molecule has 0 radical (unpaired) electrons. The molecule has 0 saturated carbocycles. The molecule has 0 bridgehead atoms. The molecule has 1 amide bonds. The first-order valence-corrected chi connectivity index (χ1v) is 11.0. The second-order valence-corrected chi connectivity index (χ2v) is 8.05. The van der Waals surface area contributed by atoms with E-state index in [1.165, 1.54) is 0 Å². The Kier molecular flexibility index (Phi) is 15.9. The number of allylic oxidation sites excluding steroid dienone is 10. The average molecular weight is 442 g/mol. The van der Waals surface area contributed by atoms with Gasteiger partial charge in [0.1, 0.15) is 5.60 Å². The highest BCUT2D eigenvalue weighted by atomic mass is 16.6. The standard InChI is InChI=1S/C26H39N3O3/c1-5-6-7-8-9-10-11-12-13-14-15-16-17-18-19-20-22(23(21-29-28)24(27)30)25(31)32-26(2,3)4/h6-7,9-10,12-13,15-16,18-19,22H,5,8,11,14,17,20,28H2,1-4H3,(H2,27,30)/b7-6-,10-9-,13-12-,16-15-,19-18-. The van der Waals surface area contributed by atoms with Gasteiger partial charge in [-0.25, -0.2) is 0 Å². The van der Waals surface area contributed by atoms with Crippen LogP contribution in [0.2, 0.25) is 0 Å². The number of nitrogens with zero attached hydrogens (tertiary/aromatic N) is 1. The first-order chi connectivity index (χ1) is 15.2. The molecule has 6 nitrogen and oxygen atoms in total. The first-order valence-electron chi connectivity index (χ1n) is 11.0. The SMILES string of the molecule is CC/C=C\C/C=C\C/C=C\C/C=C\C/C=C\CC(C(=O)OC(C)(C)C)C(=C=NN)C(N)=O. The minimum Gasteiger partial charge on any atom is -0.459 e. The van der Waals surface area contributed by atoms with Gasteiger partial charge in [-0.3, -0.25) is 9.59 Å². The van der Waals surface area contributed by atoms with Crippen molar-refractivity contribution in [1.29, 1.82) is 0 Å². The topological polar surface area (TPSA) is 108 Å². The molecule has 0 aromatic heterocycles. The molecule has 0 aromatic rings. The third-order valence-corrected chi connectivity index (χ3v) is 4.02. The average Bonchev–Trinajstić information content (AvgIpc) is 2.71. The van der Waals surface area contributed by atoms with Crippen molar-refractivity contribution in [2.24, 2.45) is 22.6 Å². The second-order valence-electron chi connectivity index (χ2n) is 8.05. The Balaban J connectivity index is 4.61. The van der Waals surface area contributed by atoms with Crippen molar-refractivity contribution < 1.29 is 14.3 Å². The minimum absolute atomic E-state index is 0.0949. The van der Waals surface area contributed by atoms with Gasteiger partial charge in [0, 0.05) is 5.87 Å². The maximum atomic E-state index is 12.5. The molecule has 176 valence electrons. The fourth-order valence-corrected chi connectivity index (χ4v) is 2.56. The highest BCUT2D eigenvalue weighted by Gasteiger charge is 2.30. The number of primary amides is 1. The summed E-state index contributed by atoms with van der Waals surface area (Å²) in [6.07, 6.45) is 25.6. The zero-order chi connectivity index (χ0) is 24.2. The Hall–Kier alpha value is -3.11. The molecule has 0 heterocycles. The lowest BCUT2D eigenvalue weighted by Crippen LogP contribution is -2.33. The number of ether oxygens (including phenoxy) is 1. The number of amides is 1. The largest absolute Gasteiger partial charge is 0.459 e. The van der Waals surface area contributed by atoms with Crippen molar-refractivity contribution in [3.05, 3.63) is 66.3 Å². The molecule has 1 unspecified atom stereocenters. The van der Waals surface area contributed by atoms with Gasteiger partial charge in [0.25, 0.3) is 5.91 Å². The Morgan fingerprint density at radius 3 is 1.69 bits per heavy atom. The van der Waals surface area contributed by atoms with Gasteiger partial charge in [-0.2, -0.15) is 0 Å². The molecule has 0 aliphatic heterocycles. The summed E-state index contributed by atoms with van der Waals surface area (Å²) in [7, 11) is 0. The summed E-state index contributed by atoms with van der Waals surface area (Å²) in [6.45, 7) is 7.39. The predicted molar refractivity (Wildman–Crippen MR) is 133 cm³/mol. The molecular weight excluding hydrogens is 402 g/mol. The number of carbonyl (C=O) groups excluding carboxylic acids is 2. The van der Waals surface area contributed by atoms with E-state index >= 15 is 0 Å². The lowest BCUT2D eigenvalue weighted by Gasteiger charge is -2.23. The summed E-state index contributed by atoms with van der Waals surface area (Å²) in [5, 5.41) is 3.23. The van der Waals surface area contributed by atoms with Crippen LogP contribution in [0.4, 0.5) is 0 Å². The highest BCUT2D eigenvalue weighted by molar-refractivity contribution is 6.05. The molecule has 0 aromatic carbocycles. The number of esters is 1. The molecule has 1 atom stereocenters. The number of hydrogen-bond acceptors (Lipinski definition) is 5. The Labute approximate surface area is 193 Å². The number of nitrogens with two attached hydrogens (primary N) is 2. The normalized spacial score (nSPS) is 13.4. The zero-order valence-corrected chi connectivity index (χ0v) is 19.9. The monoisotopic (exact) mass is 441 g/mol. The van der Waals surface area contributed by atoms with Gasteiger partial charge in [-0.1, -0.05) is 67.7 Å². The maximum Gasteiger partial charge on any atom is 0.315 e. The van der Waals surface area contributed by atoms with Crippen LogP contribution in [0.5, 0.6) is 0 Å². The van der Waals surface area contributed by atoms with E-state index in [1.54, 1.807) is 20.8 Å². The van der Waals surface area contributed by atoms with E-state index in [4.69, 9.17) is 16.3 Å². The van der Waals surface area contributed by atoms with Gasteiger partial charge in [0.15, 0.2) is 0 Å². The Bertz CT molecular complexity index is 775. The van der Waals surface area contributed by atoms with Crippen molar-refractivity contribution in [3.63, 3.8) is 0 Å². The summed E-state index contributed by atoms with van der Waals surface area (Å²) < 4.78 is 5.40. The van der Waals surface area contributed by atoms with E-state index in [9.17, 15) is 9.59 Å². The van der Waals surface area contributed by atoms with Gasteiger partial charge < -0.3 is 16.3 Å². The Morgan fingerprint density at radius 2 is 1.31 bits per heavy atom. The van der Waals surface area contributed by atoms with Gasteiger partial charge in [-0.05, 0) is 59.3 Å². The Morgan fingerprint density at radius 1 is 0.875 bits per heavy atom. The number of rotatable bonds is 14. The molecular formula is C26H39N3O3. The molecule has 32 heavy (non-hydrogen) atoms. The highest BCUT2D eigenvalue weighted by Crippen LogP contribution is 2.20. The van der Waals surface area contributed by atoms with Gasteiger partial charge in [0.05, 0.1) is 11.5 Å². The van der Waals surface area contributed by atoms with E-state index < -0.39 is 23.4 Å². The van der Waals surface area contributed by atoms with Crippen LogP contribution in [0.15, 0.2) is 71.4 Å². The number of hydrazone groups is 1. The minimum atomic E-state index is -0.910. The van der Waals surface area contributed by atoms with Crippen LogP contribution in [0.25, 0.3) is 0 Å². The smallest absolute Gasteiger partial charge is 0.315 e. The van der Waals surface area contributed by atoms with Gasteiger partial charge in [-0.15, -0.1) is 5.10 Å². The van der Waals surface area contributed by atoms with Crippen molar-refractivity contribution in [2.45, 2.75) is 71.8 Å². The van der Waals surface area contributed by atoms with Crippen LogP contribution >= 0.6 is 0 Å². The van der Waals surface area contributed by atoms with Crippen molar-refractivity contribution in [3.8, 4) is 0 Å². The van der Waals surface area contributed by atoms with E-state index in [0.29, 0.717) is 6.42 Å². The van der Waals surface area contributed by atoms with E-state index in [1.807, 2.05) is 18.2 Å². The fraction of sp³-hybridized carbons (Fsp3) is 0.462. The van der Waals surface area contributed by atoms with Gasteiger partial charge >= 0.3 is 5.97 Å². The van der Waals surface area contributed by atoms with Crippen LogP contribution in [0, 0.1) is 5.92 Å². The molecule has 0 aliphatic carbocycles. The quantitative estimate of drug-likeness (QED) is 0.0983. The fourth-order valence-electron chi connectivity index (χ4n) is 2.56. The number of carbonyl (C=O) groups is 2. The molecule has 6 heteroatoms. The second kappa shape index (κ2) is 17.6. The summed E-state index contributed by atoms with van der Waals surface area (Å²) in [5.74, 6) is 5.16. The van der Waals surface area contributed by atoms with Gasteiger partial charge in [0.2, 0.25) is 0 Å². The van der Waals surface area contributed by atoms with E-state index in [-0.39, 0.29) is 12.0 Å². The van der Waals surface area contributed by atoms with E-state index in [0.717, 1.165) is 25.7 Å². The third-order valence-electron chi connectivity index (χ3n) is 4.02. The lowest BCUT2D eigenvalue weighted by molar-refractivity contribution is -0.158. The molecule has 4 N–H and O–H groups in total. The van der Waals surface area contributed by atoms with Crippen LogP contribution in [0.1, 0.15) is 66.2 Å². The maximum absolute atomic E-state index is 12.5. The lowest BCUT2D eigenvalue weighted by atomic mass is 9.95. The van der Waals surface area contributed by atoms with Crippen LogP contribution < -0.4 is 11.6 Å². The molecule has 0 rings (SSSR count). The van der Waals surface area contributed by atoms with Crippen LogP contribution in [-0.4, -0.2) is 23.3 Å². The molecule has 0 aliphatic rings. The summed E-state index contributed by atoms with van der Waals surface area (Å²) in [4.78, 5) is 24.2. The number of hydrogen-bond donors (Lipinski definition) is 2. The van der Waals surface area contributed by atoms with Crippen LogP contribution in [-0.2, 0) is 14.3 Å². The predicted octanol–water partition coefficient (Wildman–Crippen LogP) is 5.04. The van der Waals surface area contributed by atoms with Crippen LogP contribution in [0.3, 0.4) is 0 Å². The molecule has 0 spiro atoms. The van der Waals surface area contributed by atoms with Crippen molar-refractivity contribution in [2.75, 3.05) is 0 Å². The first kappa shape index (κ1) is 28.9. The summed E-state index contributed by atoms with van der Waals surface area (Å²) in [5.41, 5.74) is 4.58. The zero-order valence-electron chi connectivity index (χ0n) is 19.9. The summed E-state index contributed by atoms with van der Waals surface area (Å²) >= 11 is 0. The third kappa shape index (κ3) is 15.7. The summed E-state index contributed by atoms with van der Waals surface area (Å²) in [6, 6.07) is 0. The van der Waals surface area contributed by atoms with Crippen molar-refractivity contribution >= 4 is 17.7 Å². The van der Waals surface area contributed by atoms with Crippen molar-refractivity contribution in [1.82, 2.24) is 0 Å². The molecule has 0 saturated heterocycles.